The van der Waals surface area contributed by atoms with Gasteiger partial charge in [0.15, 0.2) is 0 Å². The van der Waals surface area contributed by atoms with Crippen LogP contribution < -0.4 is 10.1 Å². The van der Waals surface area contributed by atoms with Crippen molar-refractivity contribution in [3.05, 3.63) is 29.6 Å². The molecular weight excluding hydrogens is 269 g/mol. The predicted molar refractivity (Wildman–Crippen MR) is 84.3 cm³/mol. The van der Waals surface area contributed by atoms with Gasteiger partial charge in [-0.1, -0.05) is 20.8 Å². The fraction of sp³-hybridized carbons (Fsp3) is 0.647. The van der Waals surface area contributed by atoms with E-state index in [0.717, 1.165) is 31.4 Å². The zero-order valence-corrected chi connectivity index (χ0v) is 13.8. The van der Waals surface area contributed by atoms with Gasteiger partial charge in [-0.3, -0.25) is 0 Å². The number of rotatable bonds is 9. The van der Waals surface area contributed by atoms with Gasteiger partial charge in [0.1, 0.15) is 11.6 Å². The molecule has 3 nitrogen and oxygen atoms in total. The van der Waals surface area contributed by atoms with Crippen LogP contribution in [0.3, 0.4) is 0 Å². The first kappa shape index (κ1) is 17.9. The van der Waals surface area contributed by atoms with Crippen molar-refractivity contribution in [1.82, 2.24) is 5.32 Å². The summed E-state index contributed by atoms with van der Waals surface area (Å²) in [6, 6.07) is 4.54. The lowest BCUT2D eigenvalue weighted by Crippen LogP contribution is -2.45. The first-order chi connectivity index (χ1) is 10.1. The normalized spacial score (nSPS) is 13.2. The summed E-state index contributed by atoms with van der Waals surface area (Å²) in [5, 5.41) is 3.51. The van der Waals surface area contributed by atoms with Gasteiger partial charge < -0.3 is 14.8 Å². The van der Waals surface area contributed by atoms with Crippen LogP contribution in [0.15, 0.2) is 18.2 Å². The largest absolute Gasteiger partial charge is 0.496 e. The number of benzene rings is 1. The summed E-state index contributed by atoms with van der Waals surface area (Å²) in [5.41, 5.74) is 0.437. The molecule has 1 aromatic rings. The lowest BCUT2D eigenvalue weighted by Gasteiger charge is -2.40. The van der Waals surface area contributed by atoms with Crippen LogP contribution in [0.1, 0.15) is 51.6 Å². The summed E-state index contributed by atoms with van der Waals surface area (Å²) in [5.74, 6) is 0.430. The molecule has 0 aliphatic carbocycles. The predicted octanol–water partition coefficient (Wildman–Crippen LogP) is 4.08. The average molecular weight is 297 g/mol. The van der Waals surface area contributed by atoms with Gasteiger partial charge in [-0.15, -0.1) is 0 Å². The fourth-order valence-corrected chi connectivity index (χ4v) is 2.86. The van der Waals surface area contributed by atoms with E-state index < -0.39 is 0 Å². The van der Waals surface area contributed by atoms with E-state index >= 15 is 0 Å². The number of methoxy groups -OCH3 is 2. The highest BCUT2D eigenvalue weighted by Crippen LogP contribution is 2.39. The second kappa shape index (κ2) is 8.35. The van der Waals surface area contributed by atoms with Gasteiger partial charge in [-0.2, -0.15) is 0 Å². The summed E-state index contributed by atoms with van der Waals surface area (Å²) in [6.07, 6.45) is 2.67. The molecule has 0 amide bonds. The second-order valence-electron chi connectivity index (χ2n) is 5.25. The van der Waals surface area contributed by atoms with Gasteiger partial charge >= 0.3 is 0 Å². The van der Waals surface area contributed by atoms with Gasteiger partial charge in [-0.05, 0) is 44.0 Å². The summed E-state index contributed by atoms with van der Waals surface area (Å²) < 4.78 is 25.0. The van der Waals surface area contributed by atoms with Gasteiger partial charge in [0.05, 0.1) is 18.8 Å². The van der Waals surface area contributed by atoms with Crippen LogP contribution in [0.5, 0.6) is 5.75 Å². The molecule has 1 aromatic carbocycles. The SMILES string of the molecule is CCCNC(c1cc(F)ccc1OC)C(CC)(CC)OC. The van der Waals surface area contributed by atoms with Crippen molar-refractivity contribution in [3.8, 4) is 5.75 Å². The molecule has 0 bridgehead atoms. The van der Waals surface area contributed by atoms with Crippen molar-refractivity contribution in [2.24, 2.45) is 0 Å². The average Bonchev–Trinajstić information content (AvgIpc) is 2.52. The molecule has 0 aromatic heterocycles. The standard InChI is InChI=1S/C17H28FNO2/c1-6-11-19-16(17(7-2,8-3)21-5)14-12-13(18)9-10-15(14)20-4/h9-10,12,16,19H,6-8,11H2,1-5H3. The Morgan fingerprint density at radius 1 is 1.19 bits per heavy atom. The van der Waals surface area contributed by atoms with Crippen molar-refractivity contribution >= 4 is 0 Å². The number of ether oxygens (including phenoxy) is 2. The minimum atomic E-state index is -0.379. The second-order valence-corrected chi connectivity index (χ2v) is 5.25. The maximum atomic E-state index is 13.7. The molecule has 4 heteroatoms. The third-order valence-corrected chi connectivity index (χ3v) is 4.23. The van der Waals surface area contributed by atoms with E-state index in [-0.39, 0.29) is 17.5 Å². The van der Waals surface area contributed by atoms with Crippen molar-refractivity contribution in [2.45, 2.75) is 51.7 Å². The Balaban J connectivity index is 3.33. The van der Waals surface area contributed by atoms with Crippen LogP contribution in [0, 0.1) is 5.82 Å². The van der Waals surface area contributed by atoms with Crippen LogP contribution in [0.25, 0.3) is 0 Å². The number of nitrogens with one attached hydrogen (secondary N) is 1. The first-order valence-corrected chi connectivity index (χ1v) is 7.70. The number of halogens is 1. The molecular formula is C17H28FNO2. The summed E-state index contributed by atoms with van der Waals surface area (Å²) in [4.78, 5) is 0. The van der Waals surface area contributed by atoms with Crippen LogP contribution in [0.4, 0.5) is 4.39 Å². The van der Waals surface area contributed by atoms with Crippen molar-refractivity contribution in [1.29, 1.82) is 0 Å². The van der Waals surface area contributed by atoms with E-state index in [1.165, 1.54) is 6.07 Å². The van der Waals surface area contributed by atoms with E-state index in [0.29, 0.717) is 5.75 Å². The van der Waals surface area contributed by atoms with Gasteiger partial charge in [0.25, 0.3) is 0 Å². The molecule has 1 unspecified atom stereocenters. The molecule has 1 atom stereocenters. The molecule has 0 heterocycles. The smallest absolute Gasteiger partial charge is 0.123 e. The molecule has 0 fully saturated rings. The van der Waals surface area contributed by atoms with Crippen molar-refractivity contribution < 1.29 is 13.9 Å². The Kier molecular flexibility index (Phi) is 7.12. The Bertz CT molecular complexity index is 425. The molecule has 0 saturated heterocycles. The summed E-state index contributed by atoms with van der Waals surface area (Å²) in [6.45, 7) is 7.15. The molecule has 1 N–H and O–H groups in total. The van der Waals surface area contributed by atoms with E-state index in [4.69, 9.17) is 9.47 Å². The van der Waals surface area contributed by atoms with Crippen LogP contribution in [-0.2, 0) is 4.74 Å². The monoisotopic (exact) mass is 297 g/mol. The van der Waals surface area contributed by atoms with Gasteiger partial charge in [0, 0.05) is 12.7 Å². The van der Waals surface area contributed by atoms with Crippen LogP contribution >= 0.6 is 0 Å². The lowest BCUT2D eigenvalue weighted by molar-refractivity contribution is -0.0490. The minimum Gasteiger partial charge on any atom is -0.496 e. The zero-order chi connectivity index (χ0) is 15.9. The lowest BCUT2D eigenvalue weighted by atomic mass is 9.83. The van der Waals surface area contributed by atoms with Gasteiger partial charge in [0.2, 0.25) is 0 Å². The number of hydrogen-bond donors (Lipinski definition) is 1. The van der Waals surface area contributed by atoms with Crippen LogP contribution in [0.2, 0.25) is 0 Å². The molecule has 21 heavy (non-hydrogen) atoms. The molecule has 0 saturated carbocycles. The van der Waals surface area contributed by atoms with Crippen LogP contribution in [-0.4, -0.2) is 26.4 Å². The maximum absolute atomic E-state index is 13.7. The Hall–Kier alpha value is -1.13. The highest BCUT2D eigenvalue weighted by molar-refractivity contribution is 5.38. The Morgan fingerprint density at radius 3 is 2.33 bits per heavy atom. The van der Waals surface area contributed by atoms with E-state index in [2.05, 4.69) is 26.1 Å². The molecule has 120 valence electrons. The van der Waals surface area contributed by atoms with E-state index in [9.17, 15) is 4.39 Å². The van der Waals surface area contributed by atoms with Gasteiger partial charge in [-0.25, -0.2) is 4.39 Å². The Labute approximate surface area is 127 Å². The van der Waals surface area contributed by atoms with E-state index in [1.807, 2.05) is 0 Å². The molecule has 0 aliphatic rings. The summed E-state index contributed by atoms with van der Waals surface area (Å²) in [7, 11) is 3.33. The van der Waals surface area contributed by atoms with E-state index in [1.54, 1.807) is 26.4 Å². The first-order valence-electron chi connectivity index (χ1n) is 7.70. The topological polar surface area (TPSA) is 30.5 Å². The third-order valence-electron chi connectivity index (χ3n) is 4.23. The molecule has 1 rings (SSSR count). The fourth-order valence-electron chi connectivity index (χ4n) is 2.86. The zero-order valence-electron chi connectivity index (χ0n) is 13.8. The molecule has 0 radical (unpaired) electrons. The highest BCUT2D eigenvalue weighted by Gasteiger charge is 2.38. The van der Waals surface area contributed by atoms with Crippen molar-refractivity contribution in [2.75, 3.05) is 20.8 Å². The summed E-state index contributed by atoms with van der Waals surface area (Å²) >= 11 is 0. The quantitative estimate of drug-likeness (QED) is 0.745. The Morgan fingerprint density at radius 2 is 1.86 bits per heavy atom. The van der Waals surface area contributed by atoms with Crippen molar-refractivity contribution in [3.63, 3.8) is 0 Å². The molecule has 0 spiro atoms. The molecule has 0 aliphatic heterocycles. The highest BCUT2D eigenvalue weighted by atomic mass is 19.1. The maximum Gasteiger partial charge on any atom is 0.123 e. The third kappa shape index (κ3) is 3.95. The minimum absolute atomic E-state index is 0.108. The number of hydrogen-bond acceptors (Lipinski definition) is 3.